The van der Waals surface area contributed by atoms with Crippen molar-refractivity contribution < 1.29 is 37.8 Å². The summed E-state index contributed by atoms with van der Waals surface area (Å²) in [5, 5.41) is 23.0. The molecule has 0 fully saturated rings. The molecule has 0 unspecified atom stereocenters. The van der Waals surface area contributed by atoms with Gasteiger partial charge in [0, 0.05) is 23.7 Å². The van der Waals surface area contributed by atoms with Crippen molar-refractivity contribution in [2.45, 2.75) is 58.7 Å². The summed E-state index contributed by atoms with van der Waals surface area (Å²) in [5.74, 6) is -2.12. The first-order valence-electron chi connectivity index (χ1n) is 9.22. The van der Waals surface area contributed by atoms with Gasteiger partial charge >= 0.3 is 18.1 Å². The van der Waals surface area contributed by atoms with Gasteiger partial charge < -0.3 is 15.5 Å². The number of carbonyl (C=O) groups is 3. The SMILES string of the molecule is CC(C)c1cc(C(=O)NCCSSCCC(=O)O)nn1C(C)(C)C.O=C(O)C(F)(F)F. The molecule has 0 spiro atoms. The molecule has 0 radical (unpaired) electrons. The maximum atomic E-state index is 12.3. The Kier molecular flexibility index (Phi) is 12.1. The van der Waals surface area contributed by atoms with Crippen molar-refractivity contribution in [3.63, 3.8) is 0 Å². The number of carboxylic acids is 2. The Balaban J connectivity index is 0.00000110. The fourth-order valence-corrected chi connectivity index (χ4v) is 3.88. The number of hydrogen-bond acceptors (Lipinski definition) is 6. The second kappa shape index (κ2) is 12.8. The predicted molar refractivity (Wildman–Crippen MR) is 115 cm³/mol. The number of rotatable bonds is 9. The zero-order valence-corrected chi connectivity index (χ0v) is 19.6. The van der Waals surface area contributed by atoms with E-state index in [0.29, 0.717) is 23.9 Å². The highest BCUT2D eigenvalue weighted by Crippen LogP contribution is 2.24. The molecule has 3 N–H and O–H groups in total. The van der Waals surface area contributed by atoms with Crippen LogP contribution in [0.3, 0.4) is 0 Å². The molecule has 1 heterocycles. The normalized spacial score (nSPS) is 11.6. The monoisotopic (exact) mass is 487 g/mol. The summed E-state index contributed by atoms with van der Waals surface area (Å²) >= 11 is 0. The van der Waals surface area contributed by atoms with Gasteiger partial charge in [-0.25, -0.2) is 4.79 Å². The molecule has 0 aromatic carbocycles. The fourth-order valence-electron chi connectivity index (χ4n) is 2.00. The Morgan fingerprint density at radius 1 is 1.13 bits per heavy atom. The number of nitrogens with one attached hydrogen (secondary N) is 1. The van der Waals surface area contributed by atoms with Gasteiger partial charge in [0.25, 0.3) is 5.91 Å². The highest BCUT2D eigenvalue weighted by atomic mass is 33.1. The minimum atomic E-state index is -5.08. The lowest BCUT2D eigenvalue weighted by Crippen LogP contribution is -2.28. The lowest BCUT2D eigenvalue weighted by molar-refractivity contribution is -0.192. The summed E-state index contributed by atoms with van der Waals surface area (Å²) in [6.07, 6.45) is -4.92. The zero-order valence-electron chi connectivity index (χ0n) is 17.9. The van der Waals surface area contributed by atoms with Crippen LogP contribution in [0.5, 0.6) is 0 Å². The molecule has 0 saturated carbocycles. The predicted octanol–water partition coefficient (Wildman–Crippen LogP) is 3.98. The smallest absolute Gasteiger partial charge is 0.481 e. The number of aliphatic carboxylic acids is 2. The van der Waals surface area contributed by atoms with Gasteiger partial charge in [0.05, 0.1) is 12.0 Å². The largest absolute Gasteiger partial charge is 0.490 e. The molecule has 1 aromatic heterocycles. The molecule has 1 aromatic rings. The number of halogens is 3. The molecule has 1 amide bonds. The maximum Gasteiger partial charge on any atom is 0.490 e. The van der Waals surface area contributed by atoms with Gasteiger partial charge in [-0.3, -0.25) is 14.3 Å². The minimum Gasteiger partial charge on any atom is -0.481 e. The summed E-state index contributed by atoms with van der Waals surface area (Å²) < 4.78 is 33.7. The van der Waals surface area contributed by atoms with Crippen molar-refractivity contribution in [1.29, 1.82) is 0 Å². The molecule has 0 aliphatic carbocycles. The molecule has 0 saturated heterocycles. The van der Waals surface area contributed by atoms with Crippen LogP contribution < -0.4 is 5.32 Å². The van der Waals surface area contributed by atoms with E-state index in [2.05, 4.69) is 45.0 Å². The number of carbonyl (C=O) groups excluding carboxylic acids is 1. The van der Waals surface area contributed by atoms with Crippen LogP contribution in [-0.4, -0.2) is 62.1 Å². The number of alkyl halides is 3. The van der Waals surface area contributed by atoms with Crippen molar-refractivity contribution in [3.8, 4) is 0 Å². The molecule has 178 valence electrons. The van der Waals surface area contributed by atoms with Gasteiger partial charge in [-0.05, 0) is 32.8 Å². The fraction of sp³-hybridized carbons (Fsp3) is 0.667. The molecule has 13 heteroatoms. The first kappa shape index (κ1) is 29.1. The first-order chi connectivity index (χ1) is 14.1. The molecular weight excluding hydrogens is 459 g/mol. The van der Waals surface area contributed by atoms with Crippen LogP contribution in [-0.2, 0) is 15.1 Å². The van der Waals surface area contributed by atoms with Gasteiger partial charge in [0.15, 0.2) is 0 Å². The zero-order chi connectivity index (χ0) is 24.4. The van der Waals surface area contributed by atoms with Gasteiger partial charge in [-0.1, -0.05) is 35.4 Å². The highest BCUT2D eigenvalue weighted by Gasteiger charge is 2.38. The van der Waals surface area contributed by atoms with E-state index in [1.54, 1.807) is 10.8 Å². The topological polar surface area (TPSA) is 122 Å². The van der Waals surface area contributed by atoms with Crippen molar-refractivity contribution in [1.82, 2.24) is 15.1 Å². The van der Waals surface area contributed by atoms with Gasteiger partial charge in [-0.2, -0.15) is 18.3 Å². The van der Waals surface area contributed by atoms with Gasteiger partial charge in [-0.15, -0.1) is 0 Å². The highest BCUT2D eigenvalue weighted by molar-refractivity contribution is 8.76. The molecule has 0 bridgehead atoms. The third-order valence-corrected chi connectivity index (χ3v) is 5.80. The molecule has 8 nitrogen and oxygen atoms in total. The summed E-state index contributed by atoms with van der Waals surface area (Å²) in [6, 6.07) is 1.86. The first-order valence-corrected chi connectivity index (χ1v) is 11.7. The van der Waals surface area contributed by atoms with Crippen LogP contribution in [0.2, 0.25) is 0 Å². The van der Waals surface area contributed by atoms with E-state index >= 15 is 0 Å². The molecule has 1 rings (SSSR count). The average molecular weight is 488 g/mol. The van der Waals surface area contributed by atoms with Crippen molar-refractivity contribution >= 4 is 39.4 Å². The summed E-state index contributed by atoms with van der Waals surface area (Å²) in [6.45, 7) is 10.9. The van der Waals surface area contributed by atoms with Crippen LogP contribution in [0.4, 0.5) is 13.2 Å². The molecular formula is C18H28F3N3O5S2. The number of nitrogens with zero attached hydrogens (tertiary/aromatic N) is 2. The number of amides is 1. The van der Waals surface area contributed by atoms with Gasteiger partial charge in [0.1, 0.15) is 5.69 Å². The van der Waals surface area contributed by atoms with Crippen LogP contribution in [0.15, 0.2) is 6.07 Å². The van der Waals surface area contributed by atoms with Crippen molar-refractivity contribution in [2.24, 2.45) is 0 Å². The minimum absolute atomic E-state index is 0.159. The van der Waals surface area contributed by atoms with Crippen LogP contribution in [0, 0.1) is 0 Å². The number of carboxylic acid groups (broad SMARTS) is 2. The summed E-state index contributed by atoms with van der Waals surface area (Å²) in [7, 11) is 3.07. The van der Waals surface area contributed by atoms with Crippen LogP contribution in [0.1, 0.15) is 63.1 Å². The second-order valence-electron chi connectivity index (χ2n) is 7.54. The summed E-state index contributed by atoms with van der Waals surface area (Å²) in [4.78, 5) is 31.5. The number of aromatic nitrogens is 2. The van der Waals surface area contributed by atoms with Crippen molar-refractivity contribution in [3.05, 3.63) is 17.5 Å². The van der Waals surface area contributed by atoms with Crippen LogP contribution >= 0.6 is 21.6 Å². The molecule has 0 atom stereocenters. The Morgan fingerprint density at radius 3 is 2.03 bits per heavy atom. The standard InChI is InChI=1S/C16H27N3O3S2.C2HF3O2/c1-11(2)13-10-12(18-19(13)16(3,4)5)15(22)17-7-9-24-23-8-6-14(20)21;3-2(4,5)1(6)7/h10-11H,6-9H2,1-5H3,(H,17,22)(H,20,21);(H,6,7). The van der Waals surface area contributed by atoms with Gasteiger partial charge in [0.2, 0.25) is 0 Å². The van der Waals surface area contributed by atoms with E-state index in [1.165, 1.54) is 10.8 Å². The van der Waals surface area contributed by atoms with Crippen molar-refractivity contribution in [2.75, 3.05) is 18.1 Å². The van der Waals surface area contributed by atoms with E-state index in [9.17, 15) is 22.8 Å². The summed E-state index contributed by atoms with van der Waals surface area (Å²) in [5.41, 5.74) is 1.32. The molecule has 0 aliphatic heterocycles. The lowest BCUT2D eigenvalue weighted by atomic mass is 10.1. The van der Waals surface area contributed by atoms with E-state index in [0.717, 1.165) is 11.4 Å². The Hall–Kier alpha value is -1.89. The maximum absolute atomic E-state index is 12.3. The quantitative estimate of drug-likeness (QED) is 0.353. The van der Waals surface area contributed by atoms with Crippen LogP contribution in [0.25, 0.3) is 0 Å². The molecule has 0 aliphatic rings. The lowest BCUT2D eigenvalue weighted by Gasteiger charge is -2.23. The Bertz CT molecular complexity index is 747. The third kappa shape index (κ3) is 11.9. The Labute approximate surface area is 186 Å². The Morgan fingerprint density at radius 2 is 1.65 bits per heavy atom. The molecule has 31 heavy (non-hydrogen) atoms. The third-order valence-electron chi connectivity index (χ3n) is 3.39. The van der Waals surface area contributed by atoms with E-state index in [4.69, 9.17) is 15.0 Å². The second-order valence-corrected chi connectivity index (χ2v) is 10.2. The van der Waals surface area contributed by atoms with E-state index in [1.807, 2.05) is 10.7 Å². The van der Waals surface area contributed by atoms with E-state index in [-0.39, 0.29) is 17.9 Å². The van der Waals surface area contributed by atoms with E-state index < -0.39 is 18.1 Å². The number of hydrogen-bond donors (Lipinski definition) is 3. The average Bonchev–Trinajstić information content (AvgIpc) is 3.06.